The first-order valence-electron chi connectivity index (χ1n) is 5.71. The molecular weight excluding hydrogens is 236 g/mol. The van der Waals surface area contributed by atoms with Crippen LogP contribution in [0.2, 0.25) is 0 Å². The van der Waals surface area contributed by atoms with Gasteiger partial charge in [-0.2, -0.15) is 5.10 Å². The van der Waals surface area contributed by atoms with Crippen LogP contribution in [0.3, 0.4) is 0 Å². The summed E-state index contributed by atoms with van der Waals surface area (Å²) in [4.78, 5) is 0. The number of hydrogen-bond donors (Lipinski definition) is 1. The predicted octanol–water partition coefficient (Wildman–Crippen LogP) is 2.20. The molecule has 1 aromatic heterocycles. The SMILES string of the molecule is CNC(Cc1ccc(F)c(F)c1)c1ccn(C)n1. The zero-order valence-electron chi connectivity index (χ0n) is 10.3. The van der Waals surface area contributed by atoms with Crippen LogP contribution in [-0.4, -0.2) is 16.8 Å². The Hall–Kier alpha value is -1.75. The number of aryl methyl sites for hydroxylation is 1. The average molecular weight is 251 g/mol. The summed E-state index contributed by atoms with van der Waals surface area (Å²) in [5.74, 6) is -1.64. The van der Waals surface area contributed by atoms with Gasteiger partial charge in [0, 0.05) is 13.2 Å². The minimum absolute atomic E-state index is 0.0175. The third-order valence-corrected chi connectivity index (χ3v) is 2.86. The zero-order chi connectivity index (χ0) is 13.1. The van der Waals surface area contributed by atoms with Crippen LogP contribution in [0.1, 0.15) is 17.3 Å². The van der Waals surface area contributed by atoms with Gasteiger partial charge in [0.2, 0.25) is 0 Å². The highest BCUT2D eigenvalue weighted by molar-refractivity contribution is 5.21. The van der Waals surface area contributed by atoms with Crippen molar-refractivity contribution in [1.82, 2.24) is 15.1 Å². The first-order chi connectivity index (χ1) is 8.60. The van der Waals surface area contributed by atoms with Crippen LogP contribution < -0.4 is 5.32 Å². The minimum Gasteiger partial charge on any atom is -0.311 e. The van der Waals surface area contributed by atoms with Gasteiger partial charge in [0.25, 0.3) is 0 Å². The van der Waals surface area contributed by atoms with Crippen LogP contribution in [0.5, 0.6) is 0 Å². The smallest absolute Gasteiger partial charge is 0.159 e. The van der Waals surface area contributed by atoms with Crippen molar-refractivity contribution < 1.29 is 8.78 Å². The van der Waals surface area contributed by atoms with Gasteiger partial charge in [0.15, 0.2) is 11.6 Å². The molecule has 3 nitrogen and oxygen atoms in total. The number of aromatic nitrogens is 2. The van der Waals surface area contributed by atoms with Crippen LogP contribution in [0.25, 0.3) is 0 Å². The van der Waals surface area contributed by atoms with Gasteiger partial charge in [-0.3, -0.25) is 4.68 Å². The molecule has 2 rings (SSSR count). The summed E-state index contributed by atoms with van der Waals surface area (Å²) in [5.41, 5.74) is 1.61. The molecule has 0 saturated carbocycles. The third kappa shape index (κ3) is 2.73. The van der Waals surface area contributed by atoms with Crippen molar-refractivity contribution in [2.24, 2.45) is 7.05 Å². The number of benzene rings is 1. The van der Waals surface area contributed by atoms with E-state index < -0.39 is 11.6 Å². The molecule has 0 bridgehead atoms. The van der Waals surface area contributed by atoms with E-state index in [1.54, 1.807) is 10.7 Å². The second-order valence-electron chi connectivity index (χ2n) is 4.21. The van der Waals surface area contributed by atoms with E-state index in [9.17, 15) is 8.78 Å². The molecule has 96 valence electrons. The molecule has 0 amide bonds. The molecule has 2 aromatic rings. The van der Waals surface area contributed by atoms with E-state index in [2.05, 4.69) is 10.4 Å². The van der Waals surface area contributed by atoms with Crippen molar-refractivity contribution in [2.75, 3.05) is 7.05 Å². The monoisotopic (exact) mass is 251 g/mol. The quantitative estimate of drug-likeness (QED) is 0.902. The number of nitrogens with zero attached hydrogens (tertiary/aromatic N) is 2. The number of likely N-dealkylation sites (N-methyl/N-ethyl adjacent to an activating group) is 1. The molecule has 0 aliphatic rings. The van der Waals surface area contributed by atoms with Crippen molar-refractivity contribution >= 4 is 0 Å². The Morgan fingerprint density at radius 2 is 2.06 bits per heavy atom. The number of halogens is 2. The van der Waals surface area contributed by atoms with E-state index in [4.69, 9.17) is 0 Å². The van der Waals surface area contributed by atoms with Gasteiger partial charge in [0.1, 0.15) is 0 Å². The van der Waals surface area contributed by atoms with Crippen LogP contribution in [-0.2, 0) is 13.5 Å². The largest absolute Gasteiger partial charge is 0.311 e. The first kappa shape index (κ1) is 12.7. The Labute approximate surface area is 104 Å². The summed E-state index contributed by atoms with van der Waals surface area (Å²) >= 11 is 0. The lowest BCUT2D eigenvalue weighted by Crippen LogP contribution is -2.19. The normalized spacial score (nSPS) is 12.7. The van der Waals surface area contributed by atoms with Crippen LogP contribution in [0.4, 0.5) is 8.78 Å². The molecule has 1 unspecified atom stereocenters. The standard InChI is InChI=1S/C13H15F2N3/c1-16-13(12-5-6-18(2)17-12)8-9-3-4-10(14)11(15)7-9/h3-7,13,16H,8H2,1-2H3. The molecule has 0 radical (unpaired) electrons. The molecule has 18 heavy (non-hydrogen) atoms. The maximum Gasteiger partial charge on any atom is 0.159 e. The molecule has 0 aliphatic carbocycles. The summed E-state index contributed by atoms with van der Waals surface area (Å²) in [6.45, 7) is 0. The van der Waals surface area contributed by atoms with Crippen LogP contribution in [0, 0.1) is 11.6 Å². The van der Waals surface area contributed by atoms with Gasteiger partial charge in [0.05, 0.1) is 11.7 Å². The van der Waals surface area contributed by atoms with Crippen molar-refractivity contribution in [3.8, 4) is 0 Å². The Bertz CT molecular complexity index is 537. The van der Waals surface area contributed by atoms with E-state index >= 15 is 0 Å². The molecule has 0 aliphatic heterocycles. The van der Waals surface area contributed by atoms with E-state index in [-0.39, 0.29) is 6.04 Å². The fourth-order valence-electron chi connectivity index (χ4n) is 1.88. The highest BCUT2D eigenvalue weighted by Crippen LogP contribution is 2.18. The summed E-state index contributed by atoms with van der Waals surface area (Å²) in [5, 5.41) is 7.43. The van der Waals surface area contributed by atoms with E-state index in [1.165, 1.54) is 6.07 Å². The Morgan fingerprint density at radius 3 is 2.61 bits per heavy atom. The Balaban J connectivity index is 2.17. The molecular formula is C13H15F2N3. The summed E-state index contributed by atoms with van der Waals surface area (Å²) in [6, 6.07) is 5.85. The average Bonchev–Trinajstić information content (AvgIpc) is 2.77. The summed E-state index contributed by atoms with van der Waals surface area (Å²) < 4.78 is 27.7. The second kappa shape index (κ2) is 5.27. The molecule has 1 aromatic carbocycles. The highest BCUT2D eigenvalue weighted by Gasteiger charge is 2.13. The fraction of sp³-hybridized carbons (Fsp3) is 0.308. The van der Waals surface area contributed by atoms with Gasteiger partial charge in [-0.15, -0.1) is 0 Å². The van der Waals surface area contributed by atoms with Crippen molar-refractivity contribution in [2.45, 2.75) is 12.5 Å². The van der Waals surface area contributed by atoms with Gasteiger partial charge in [-0.25, -0.2) is 8.78 Å². The van der Waals surface area contributed by atoms with Gasteiger partial charge < -0.3 is 5.32 Å². The molecule has 1 atom stereocenters. The lowest BCUT2D eigenvalue weighted by Gasteiger charge is -2.13. The van der Waals surface area contributed by atoms with Crippen LogP contribution in [0.15, 0.2) is 30.5 Å². The highest BCUT2D eigenvalue weighted by atomic mass is 19.2. The topological polar surface area (TPSA) is 29.9 Å². The molecule has 5 heteroatoms. The second-order valence-corrected chi connectivity index (χ2v) is 4.21. The molecule has 0 saturated heterocycles. The first-order valence-corrected chi connectivity index (χ1v) is 5.71. The molecule has 0 spiro atoms. The van der Waals surface area contributed by atoms with E-state index in [0.29, 0.717) is 6.42 Å². The Morgan fingerprint density at radius 1 is 1.28 bits per heavy atom. The van der Waals surface area contributed by atoms with Gasteiger partial charge in [-0.05, 0) is 37.2 Å². The number of rotatable bonds is 4. The van der Waals surface area contributed by atoms with Crippen LogP contribution >= 0.6 is 0 Å². The molecule has 0 fully saturated rings. The predicted molar refractivity (Wildman–Crippen MR) is 65.1 cm³/mol. The summed E-state index contributed by atoms with van der Waals surface area (Å²) in [6.07, 6.45) is 2.41. The third-order valence-electron chi connectivity index (χ3n) is 2.86. The van der Waals surface area contributed by atoms with Crippen molar-refractivity contribution in [3.05, 3.63) is 53.4 Å². The van der Waals surface area contributed by atoms with Gasteiger partial charge >= 0.3 is 0 Å². The lowest BCUT2D eigenvalue weighted by molar-refractivity contribution is 0.503. The molecule has 1 N–H and O–H groups in total. The lowest BCUT2D eigenvalue weighted by atomic mass is 10.0. The summed E-state index contributed by atoms with van der Waals surface area (Å²) in [7, 11) is 3.66. The van der Waals surface area contributed by atoms with Crippen molar-refractivity contribution in [1.29, 1.82) is 0 Å². The molecule has 1 heterocycles. The zero-order valence-corrected chi connectivity index (χ0v) is 10.3. The van der Waals surface area contributed by atoms with Gasteiger partial charge in [-0.1, -0.05) is 6.07 Å². The number of hydrogen-bond acceptors (Lipinski definition) is 2. The fourth-order valence-corrected chi connectivity index (χ4v) is 1.88. The Kier molecular flexibility index (Phi) is 3.72. The van der Waals surface area contributed by atoms with Crippen molar-refractivity contribution in [3.63, 3.8) is 0 Å². The van der Waals surface area contributed by atoms with E-state index in [0.717, 1.165) is 17.3 Å². The maximum atomic E-state index is 13.1. The number of nitrogens with one attached hydrogen (secondary N) is 1. The maximum absolute atomic E-state index is 13.1. The minimum atomic E-state index is -0.822. The van der Waals surface area contributed by atoms with E-state index in [1.807, 2.05) is 26.4 Å².